The molecule has 0 atom stereocenters. The van der Waals surface area contributed by atoms with Crippen molar-refractivity contribution in [2.24, 2.45) is 0 Å². The van der Waals surface area contributed by atoms with E-state index in [-0.39, 0.29) is 12.5 Å². The van der Waals surface area contributed by atoms with Crippen molar-refractivity contribution in [1.82, 2.24) is 0 Å². The molecular formula is C18H20INO2. The maximum atomic E-state index is 11.7. The SMILES string of the molecule is CC(C)(C)OC(=O)CNc1ccc(-c2cccc(I)c2)cc1. The lowest BCUT2D eigenvalue weighted by atomic mass is 10.1. The monoisotopic (exact) mass is 409 g/mol. The van der Waals surface area contributed by atoms with Gasteiger partial charge in [0.15, 0.2) is 0 Å². The largest absolute Gasteiger partial charge is 0.459 e. The zero-order valence-corrected chi connectivity index (χ0v) is 15.2. The lowest BCUT2D eigenvalue weighted by Gasteiger charge is -2.19. The molecule has 0 aliphatic heterocycles. The Morgan fingerprint density at radius 3 is 2.36 bits per heavy atom. The van der Waals surface area contributed by atoms with E-state index in [4.69, 9.17) is 4.74 Å². The molecule has 0 fully saturated rings. The smallest absolute Gasteiger partial charge is 0.325 e. The molecule has 1 N–H and O–H groups in total. The minimum absolute atomic E-state index is 0.167. The molecule has 0 spiro atoms. The standard InChI is InChI=1S/C18H20INO2/c1-18(2,3)22-17(21)12-20-16-9-7-13(8-10-16)14-5-4-6-15(19)11-14/h4-11,20H,12H2,1-3H3. The summed E-state index contributed by atoms with van der Waals surface area (Å²) < 4.78 is 6.47. The molecule has 22 heavy (non-hydrogen) atoms. The third kappa shape index (κ3) is 5.33. The van der Waals surface area contributed by atoms with Gasteiger partial charge in [0.05, 0.1) is 0 Å². The summed E-state index contributed by atoms with van der Waals surface area (Å²) in [6.07, 6.45) is 0. The van der Waals surface area contributed by atoms with E-state index < -0.39 is 5.60 Å². The molecule has 4 heteroatoms. The average Bonchev–Trinajstić information content (AvgIpc) is 2.44. The Morgan fingerprint density at radius 2 is 1.77 bits per heavy atom. The lowest BCUT2D eigenvalue weighted by Crippen LogP contribution is -2.28. The molecule has 2 rings (SSSR count). The van der Waals surface area contributed by atoms with Crippen LogP contribution in [0.15, 0.2) is 48.5 Å². The number of rotatable bonds is 4. The molecule has 0 amide bonds. The van der Waals surface area contributed by atoms with E-state index in [1.54, 1.807) is 0 Å². The van der Waals surface area contributed by atoms with E-state index in [1.165, 1.54) is 9.13 Å². The fourth-order valence-electron chi connectivity index (χ4n) is 2.00. The maximum Gasteiger partial charge on any atom is 0.325 e. The Morgan fingerprint density at radius 1 is 1.09 bits per heavy atom. The zero-order chi connectivity index (χ0) is 16.2. The molecule has 0 bridgehead atoms. The highest BCUT2D eigenvalue weighted by atomic mass is 127. The fourth-order valence-corrected chi connectivity index (χ4v) is 2.54. The van der Waals surface area contributed by atoms with Crippen LogP contribution >= 0.6 is 22.6 Å². The number of anilines is 1. The molecule has 0 aliphatic rings. The molecule has 116 valence electrons. The highest BCUT2D eigenvalue weighted by molar-refractivity contribution is 14.1. The fraction of sp³-hybridized carbons (Fsp3) is 0.278. The number of halogens is 1. The predicted molar refractivity (Wildman–Crippen MR) is 98.9 cm³/mol. The third-order valence-electron chi connectivity index (χ3n) is 2.90. The van der Waals surface area contributed by atoms with Crippen LogP contribution in [0.1, 0.15) is 20.8 Å². The number of hydrogen-bond acceptors (Lipinski definition) is 3. The molecule has 0 aromatic heterocycles. The Kier molecular flexibility index (Phi) is 5.45. The van der Waals surface area contributed by atoms with E-state index in [2.05, 4.69) is 46.1 Å². The number of benzene rings is 2. The number of nitrogens with one attached hydrogen (secondary N) is 1. The zero-order valence-electron chi connectivity index (χ0n) is 13.0. The van der Waals surface area contributed by atoms with Gasteiger partial charge in [0.1, 0.15) is 12.1 Å². The first-order valence-corrected chi connectivity index (χ1v) is 8.23. The van der Waals surface area contributed by atoms with Gasteiger partial charge >= 0.3 is 5.97 Å². The molecule has 2 aromatic carbocycles. The molecule has 0 unspecified atom stereocenters. The van der Waals surface area contributed by atoms with Crippen LogP contribution in [0, 0.1) is 3.57 Å². The summed E-state index contributed by atoms with van der Waals surface area (Å²) in [5, 5.41) is 3.08. The van der Waals surface area contributed by atoms with Gasteiger partial charge in [-0.25, -0.2) is 0 Å². The highest BCUT2D eigenvalue weighted by Gasteiger charge is 2.15. The number of esters is 1. The third-order valence-corrected chi connectivity index (χ3v) is 3.57. The summed E-state index contributed by atoms with van der Waals surface area (Å²) >= 11 is 2.31. The quantitative estimate of drug-likeness (QED) is 0.587. The van der Waals surface area contributed by atoms with Crippen molar-refractivity contribution in [3.8, 4) is 11.1 Å². The number of hydrogen-bond donors (Lipinski definition) is 1. The maximum absolute atomic E-state index is 11.7. The van der Waals surface area contributed by atoms with Crippen LogP contribution in [0.4, 0.5) is 5.69 Å². The van der Waals surface area contributed by atoms with E-state index in [0.717, 1.165) is 11.3 Å². The van der Waals surface area contributed by atoms with Crippen LogP contribution in [0.3, 0.4) is 0 Å². The van der Waals surface area contributed by atoms with Crippen LogP contribution in [0.5, 0.6) is 0 Å². The average molecular weight is 409 g/mol. The van der Waals surface area contributed by atoms with Crippen molar-refractivity contribution in [2.45, 2.75) is 26.4 Å². The van der Waals surface area contributed by atoms with Crippen molar-refractivity contribution >= 4 is 34.2 Å². The number of carbonyl (C=O) groups excluding carboxylic acids is 1. The van der Waals surface area contributed by atoms with Crippen LogP contribution in [-0.4, -0.2) is 18.1 Å². The van der Waals surface area contributed by atoms with Crippen LogP contribution < -0.4 is 5.32 Å². The van der Waals surface area contributed by atoms with Crippen LogP contribution in [0.25, 0.3) is 11.1 Å². The van der Waals surface area contributed by atoms with E-state index >= 15 is 0 Å². The predicted octanol–water partition coefficient (Wildman–Crippen LogP) is 4.71. The van der Waals surface area contributed by atoms with Gasteiger partial charge in [0.2, 0.25) is 0 Å². The van der Waals surface area contributed by atoms with Gasteiger partial charge in [-0.05, 0) is 78.8 Å². The first-order chi connectivity index (χ1) is 10.3. The van der Waals surface area contributed by atoms with Gasteiger partial charge in [-0.15, -0.1) is 0 Å². The highest BCUT2D eigenvalue weighted by Crippen LogP contribution is 2.23. The summed E-state index contributed by atoms with van der Waals surface area (Å²) in [7, 11) is 0. The van der Waals surface area contributed by atoms with Gasteiger partial charge in [-0.2, -0.15) is 0 Å². The van der Waals surface area contributed by atoms with Gasteiger partial charge < -0.3 is 10.1 Å². The minimum Gasteiger partial charge on any atom is -0.459 e. The molecule has 0 saturated carbocycles. The van der Waals surface area contributed by atoms with Gasteiger partial charge in [-0.1, -0.05) is 24.3 Å². The summed E-state index contributed by atoms with van der Waals surface area (Å²) in [6, 6.07) is 16.4. The topological polar surface area (TPSA) is 38.3 Å². The van der Waals surface area contributed by atoms with Crippen molar-refractivity contribution in [3.63, 3.8) is 0 Å². The normalized spacial score (nSPS) is 11.1. The molecule has 0 heterocycles. The van der Waals surface area contributed by atoms with Gasteiger partial charge in [0.25, 0.3) is 0 Å². The lowest BCUT2D eigenvalue weighted by molar-refractivity contribution is -0.152. The van der Waals surface area contributed by atoms with Gasteiger partial charge in [0, 0.05) is 9.26 Å². The summed E-state index contributed by atoms with van der Waals surface area (Å²) in [5.74, 6) is -0.255. The van der Waals surface area contributed by atoms with Crippen LogP contribution in [0.2, 0.25) is 0 Å². The Hall–Kier alpha value is -1.56. The van der Waals surface area contributed by atoms with Crippen LogP contribution in [-0.2, 0) is 9.53 Å². The van der Waals surface area contributed by atoms with Crippen molar-refractivity contribution in [2.75, 3.05) is 11.9 Å². The van der Waals surface area contributed by atoms with Crippen molar-refractivity contribution < 1.29 is 9.53 Å². The summed E-state index contributed by atoms with van der Waals surface area (Å²) in [6.45, 7) is 5.75. The van der Waals surface area contributed by atoms with E-state index in [9.17, 15) is 4.79 Å². The number of carbonyl (C=O) groups is 1. The van der Waals surface area contributed by atoms with E-state index in [0.29, 0.717) is 0 Å². The molecule has 2 aromatic rings. The first kappa shape index (κ1) is 16.8. The Bertz CT molecular complexity index is 645. The second kappa shape index (κ2) is 7.13. The molecule has 3 nitrogen and oxygen atoms in total. The number of ether oxygens (including phenoxy) is 1. The first-order valence-electron chi connectivity index (χ1n) is 7.15. The second-order valence-corrected chi connectivity index (χ2v) is 7.27. The summed E-state index contributed by atoms with van der Waals surface area (Å²) in [5.41, 5.74) is 2.79. The molecular weight excluding hydrogens is 389 g/mol. The second-order valence-electron chi connectivity index (χ2n) is 6.03. The van der Waals surface area contributed by atoms with Gasteiger partial charge in [-0.3, -0.25) is 4.79 Å². The summed E-state index contributed by atoms with van der Waals surface area (Å²) in [4.78, 5) is 11.7. The minimum atomic E-state index is -0.451. The molecule has 0 radical (unpaired) electrons. The van der Waals surface area contributed by atoms with Crippen molar-refractivity contribution in [3.05, 3.63) is 52.1 Å². The molecule has 0 aliphatic carbocycles. The Labute approximate surface area is 145 Å². The van der Waals surface area contributed by atoms with Crippen molar-refractivity contribution in [1.29, 1.82) is 0 Å². The molecule has 0 saturated heterocycles. The van der Waals surface area contributed by atoms with E-state index in [1.807, 2.05) is 51.1 Å². The Balaban J connectivity index is 1.96.